The van der Waals surface area contributed by atoms with Gasteiger partial charge in [-0.1, -0.05) is 22.9 Å². The van der Waals surface area contributed by atoms with Gasteiger partial charge < -0.3 is 14.2 Å². The minimum absolute atomic E-state index is 0.0257. The maximum absolute atomic E-state index is 12.6. The number of carbonyl (C=O) groups is 1. The number of ether oxygens (including phenoxy) is 3. The second-order valence-electron chi connectivity index (χ2n) is 6.48. The van der Waals surface area contributed by atoms with Crippen molar-refractivity contribution in [3.63, 3.8) is 0 Å². The van der Waals surface area contributed by atoms with Gasteiger partial charge in [0, 0.05) is 19.0 Å². The molecule has 0 saturated carbocycles. The zero-order chi connectivity index (χ0) is 20.2. The van der Waals surface area contributed by atoms with Crippen LogP contribution in [-0.2, 0) is 4.74 Å². The first-order valence-corrected chi connectivity index (χ1v) is 10.6. The van der Waals surface area contributed by atoms with Gasteiger partial charge in [0.25, 0.3) is 5.91 Å². The monoisotopic (exact) mass is 433 g/mol. The molecule has 0 aliphatic carbocycles. The lowest BCUT2D eigenvalue weighted by atomic mass is 10.1. The first-order valence-electron chi connectivity index (χ1n) is 9.37. The van der Waals surface area contributed by atoms with E-state index < -0.39 is 0 Å². The highest BCUT2D eigenvalue weighted by Gasteiger charge is 2.19. The minimum Gasteiger partial charge on any atom is -0.494 e. The van der Waals surface area contributed by atoms with E-state index in [1.165, 1.54) is 17.5 Å². The third-order valence-corrected chi connectivity index (χ3v) is 5.61. The van der Waals surface area contributed by atoms with Crippen LogP contribution in [0.1, 0.15) is 30.1 Å². The van der Waals surface area contributed by atoms with Gasteiger partial charge in [0.2, 0.25) is 5.88 Å². The van der Waals surface area contributed by atoms with Crippen molar-refractivity contribution in [2.24, 2.45) is 0 Å². The molecule has 0 unspecified atom stereocenters. The van der Waals surface area contributed by atoms with Gasteiger partial charge in [-0.2, -0.15) is 0 Å². The van der Waals surface area contributed by atoms with Crippen molar-refractivity contribution >= 4 is 44.2 Å². The van der Waals surface area contributed by atoms with E-state index >= 15 is 0 Å². The van der Waals surface area contributed by atoms with Crippen molar-refractivity contribution in [2.45, 2.75) is 25.9 Å². The molecule has 1 aliphatic heterocycles. The number of halogens is 1. The summed E-state index contributed by atoms with van der Waals surface area (Å²) in [5.74, 6) is 0.775. The molecule has 0 bridgehead atoms. The Morgan fingerprint density at radius 3 is 2.93 bits per heavy atom. The van der Waals surface area contributed by atoms with Crippen molar-refractivity contribution < 1.29 is 19.0 Å². The number of benzene rings is 1. The zero-order valence-electron chi connectivity index (χ0n) is 15.8. The molecule has 3 aromatic rings. The Kier molecular flexibility index (Phi) is 6.13. The fourth-order valence-electron chi connectivity index (χ4n) is 2.97. The Hall–Kier alpha value is -2.42. The topological polar surface area (TPSA) is 82.6 Å². The number of fused-ring (bicyclic) bond motifs is 1. The third-order valence-electron chi connectivity index (χ3n) is 4.41. The molecule has 1 amide bonds. The number of rotatable bonds is 6. The van der Waals surface area contributed by atoms with Gasteiger partial charge in [0.1, 0.15) is 16.9 Å². The Balaban J connectivity index is 1.45. The summed E-state index contributed by atoms with van der Waals surface area (Å²) in [4.78, 5) is 21.2. The Morgan fingerprint density at radius 2 is 2.17 bits per heavy atom. The lowest BCUT2D eigenvalue weighted by Crippen LogP contribution is -2.26. The molecule has 0 radical (unpaired) electrons. The summed E-state index contributed by atoms with van der Waals surface area (Å²) in [6, 6.07) is 7.19. The second-order valence-corrected chi connectivity index (χ2v) is 7.91. The predicted octanol–water partition coefficient (Wildman–Crippen LogP) is 4.55. The highest BCUT2D eigenvalue weighted by molar-refractivity contribution is 7.22. The largest absolute Gasteiger partial charge is 0.494 e. The van der Waals surface area contributed by atoms with E-state index in [0.29, 0.717) is 41.4 Å². The third kappa shape index (κ3) is 4.77. The fraction of sp³-hybridized carbons (Fsp3) is 0.350. The first kappa shape index (κ1) is 19.9. The summed E-state index contributed by atoms with van der Waals surface area (Å²) in [5.41, 5.74) is 1.13. The molecule has 1 aromatic carbocycles. The van der Waals surface area contributed by atoms with Gasteiger partial charge in [-0.05, 0) is 31.2 Å². The molecule has 0 spiro atoms. The summed E-state index contributed by atoms with van der Waals surface area (Å²) in [5, 5.41) is 3.60. The van der Waals surface area contributed by atoms with Crippen molar-refractivity contribution in [3.8, 4) is 11.6 Å². The highest BCUT2D eigenvalue weighted by atomic mass is 35.5. The Bertz CT molecular complexity index is 1020. The van der Waals surface area contributed by atoms with E-state index in [-0.39, 0.29) is 12.0 Å². The van der Waals surface area contributed by atoms with Crippen LogP contribution in [0.2, 0.25) is 5.02 Å². The molecule has 1 fully saturated rings. The number of aromatic nitrogens is 2. The van der Waals surface area contributed by atoms with Gasteiger partial charge in [0.05, 0.1) is 35.6 Å². The second kappa shape index (κ2) is 8.94. The number of carbonyl (C=O) groups excluding carboxylic acids is 1. The van der Waals surface area contributed by atoms with E-state index in [0.717, 1.165) is 28.8 Å². The number of nitrogens with zero attached hydrogens (tertiary/aromatic N) is 2. The molecule has 3 heterocycles. The molecule has 2 aromatic heterocycles. The molecule has 29 heavy (non-hydrogen) atoms. The summed E-state index contributed by atoms with van der Waals surface area (Å²) in [6.45, 7) is 3.85. The van der Waals surface area contributed by atoms with Gasteiger partial charge in [0.15, 0.2) is 5.13 Å². The van der Waals surface area contributed by atoms with E-state index in [1.54, 1.807) is 6.07 Å². The van der Waals surface area contributed by atoms with Gasteiger partial charge >= 0.3 is 0 Å². The molecule has 0 atom stereocenters. The van der Waals surface area contributed by atoms with Gasteiger partial charge in [-0.25, -0.2) is 9.97 Å². The Labute approximate surface area is 177 Å². The van der Waals surface area contributed by atoms with Crippen LogP contribution in [0.3, 0.4) is 0 Å². The van der Waals surface area contributed by atoms with Crippen molar-refractivity contribution in [2.75, 3.05) is 25.1 Å². The maximum atomic E-state index is 12.6. The van der Waals surface area contributed by atoms with Crippen LogP contribution in [-0.4, -0.2) is 41.8 Å². The predicted molar refractivity (Wildman–Crippen MR) is 112 cm³/mol. The maximum Gasteiger partial charge on any atom is 0.259 e. The van der Waals surface area contributed by atoms with Crippen molar-refractivity contribution in [1.82, 2.24) is 9.97 Å². The molecule has 9 heteroatoms. The molecule has 7 nitrogen and oxygen atoms in total. The fourth-order valence-corrected chi connectivity index (χ4v) is 4.07. The smallest absolute Gasteiger partial charge is 0.259 e. The van der Waals surface area contributed by atoms with E-state index in [9.17, 15) is 4.79 Å². The van der Waals surface area contributed by atoms with Crippen LogP contribution < -0.4 is 14.8 Å². The summed E-state index contributed by atoms with van der Waals surface area (Å²) >= 11 is 7.66. The lowest BCUT2D eigenvalue weighted by Gasteiger charge is -2.23. The van der Waals surface area contributed by atoms with Crippen LogP contribution in [0.15, 0.2) is 30.5 Å². The number of hydrogen-bond donors (Lipinski definition) is 1. The summed E-state index contributed by atoms with van der Waals surface area (Å²) < 4.78 is 17.6. The molecule has 4 rings (SSSR count). The van der Waals surface area contributed by atoms with E-state index in [4.69, 9.17) is 25.8 Å². The molecular formula is C20H20ClN3O4S. The van der Waals surface area contributed by atoms with E-state index in [2.05, 4.69) is 15.3 Å². The molecular weight excluding hydrogens is 414 g/mol. The van der Waals surface area contributed by atoms with Crippen LogP contribution in [0, 0.1) is 0 Å². The number of amides is 1. The highest BCUT2D eigenvalue weighted by Crippen LogP contribution is 2.30. The number of hydrogen-bond acceptors (Lipinski definition) is 7. The standard InChI is InChI=1S/C20H20ClN3O4S/c1-2-27-14-3-4-16-17(10-14)29-20(23-16)24-18(25)12-9-15(21)19(22-11-12)28-13-5-7-26-8-6-13/h3-4,9-11,13H,2,5-8H2,1H3,(H,23,24,25). The molecule has 152 valence electrons. The zero-order valence-corrected chi connectivity index (χ0v) is 17.4. The SMILES string of the molecule is CCOc1ccc2nc(NC(=O)c3cnc(OC4CCOCC4)c(Cl)c3)sc2c1. The van der Waals surface area contributed by atoms with Crippen molar-refractivity contribution in [3.05, 3.63) is 41.0 Å². The number of pyridine rings is 1. The number of nitrogens with one attached hydrogen (secondary N) is 1. The average Bonchev–Trinajstić information content (AvgIpc) is 3.12. The number of thiazole rings is 1. The number of anilines is 1. The normalized spacial score (nSPS) is 14.7. The van der Waals surface area contributed by atoms with Gasteiger partial charge in [-0.15, -0.1) is 0 Å². The van der Waals surface area contributed by atoms with E-state index in [1.807, 2.05) is 25.1 Å². The van der Waals surface area contributed by atoms with Crippen molar-refractivity contribution in [1.29, 1.82) is 0 Å². The van der Waals surface area contributed by atoms with Crippen LogP contribution in [0.25, 0.3) is 10.2 Å². The lowest BCUT2D eigenvalue weighted by molar-refractivity contribution is 0.0238. The molecule has 1 saturated heterocycles. The quantitative estimate of drug-likeness (QED) is 0.613. The molecule has 1 aliphatic rings. The molecule has 1 N–H and O–H groups in total. The Morgan fingerprint density at radius 1 is 1.34 bits per heavy atom. The average molecular weight is 434 g/mol. The van der Waals surface area contributed by atoms with Crippen LogP contribution in [0.4, 0.5) is 5.13 Å². The van der Waals surface area contributed by atoms with Crippen LogP contribution in [0.5, 0.6) is 11.6 Å². The first-order chi connectivity index (χ1) is 14.1. The summed E-state index contributed by atoms with van der Waals surface area (Å²) in [6.07, 6.45) is 3.07. The summed E-state index contributed by atoms with van der Waals surface area (Å²) in [7, 11) is 0. The minimum atomic E-state index is -0.332. The van der Waals surface area contributed by atoms with Gasteiger partial charge in [-0.3, -0.25) is 10.1 Å². The van der Waals surface area contributed by atoms with Crippen LogP contribution >= 0.6 is 22.9 Å².